The topological polar surface area (TPSA) is 6.48 Å². The molecule has 0 saturated carbocycles. The number of para-hydroxylation sites is 2. The number of rotatable bonds is 9. The van der Waals surface area contributed by atoms with E-state index in [1.807, 2.05) is 12.1 Å². The first-order valence-corrected chi connectivity index (χ1v) is 18.6. The zero-order valence-corrected chi connectivity index (χ0v) is 31.8. The molecule has 0 spiro atoms. The predicted molar refractivity (Wildman–Crippen MR) is 201 cm³/mol. The van der Waals surface area contributed by atoms with Crippen LogP contribution in [0.2, 0.25) is 0 Å². The molecular formula is C43H51ClN2Pd+. The van der Waals surface area contributed by atoms with Gasteiger partial charge in [0.2, 0.25) is 6.67 Å². The molecule has 4 heteroatoms. The first-order valence-electron chi connectivity index (χ1n) is 16.6. The SMILES string of the molecule is CC(C)c1cccc(C(C)C)c1N1[C]N(c2c(C(C)C)cccc2C(C)C)C=C1.[CH2][C](C)[C](c1ccccc1)c1ccccc1.[Cl][Pd+]. The van der Waals surface area contributed by atoms with Crippen molar-refractivity contribution >= 4 is 20.9 Å². The molecule has 0 unspecified atom stereocenters. The van der Waals surface area contributed by atoms with Crippen molar-refractivity contribution in [2.24, 2.45) is 0 Å². The van der Waals surface area contributed by atoms with Crippen molar-refractivity contribution in [3.63, 3.8) is 0 Å². The molecule has 0 amide bonds. The van der Waals surface area contributed by atoms with Gasteiger partial charge in [-0.15, -0.1) is 0 Å². The fourth-order valence-electron chi connectivity index (χ4n) is 6.01. The summed E-state index contributed by atoms with van der Waals surface area (Å²) in [4.78, 5) is 4.40. The molecule has 4 aromatic carbocycles. The van der Waals surface area contributed by atoms with Gasteiger partial charge in [-0.05, 0) is 69.9 Å². The number of hydrogen-bond donors (Lipinski definition) is 0. The summed E-state index contributed by atoms with van der Waals surface area (Å²) >= 11 is 2.22. The van der Waals surface area contributed by atoms with Crippen molar-refractivity contribution < 1.29 is 18.2 Å². The van der Waals surface area contributed by atoms with E-state index in [0.717, 1.165) is 5.92 Å². The third kappa shape index (κ3) is 9.86. The summed E-state index contributed by atoms with van der Waals surface area (Å²) in [6.07, 6.45) is 4.32. The van der Waals surface area contributed by atoms with Gasteiger partial charge in [0.05, 0.1) is 11.4 Å². The quantitative estimate of drug-likeness (QED) is 0.158. The summed E-state index contributed by atoms with van der Waals surface area (Å²) in [5.41, 5.74) is 10.5. The summed E-state index contributed by atoms with van der Waals surface area (Å²) in [5, 5.41) is 0. The number of nitrogens with zero attached hydrogens (tertiary/aromatic N) is 2. The molecule has 1 aliphatic rings. The van der Waals surface area contributed by atoms with Gasteiger partial charge in [-0.3, -0.25) is 0 Å². The second-order valence-electron chi connectivity index (χ2n) is 13.2. The van der Waals surface area contributed by atoms with Crippen LogP contribution in [0.4, 0.5) is 11.4 Å². The van der Waals surface area contributed by atoms with Crippen LogP contribution < -0.4 is 9.80 Å². The van der Waals surface area contributed by atoms with Crippen molar-refractivity contribution in [3.05, 3.63) is 168 Å². The molecule has 4 aromatic rings. The zero-order chi connectivity index (χ0) is 34.7. The molecule has 0 aromatic heterocycles. The Morgan fingerprint density at radius 1 is 0.532 bits per heavy atom. The molecule has 1 heterocycles. The normalized spacial score (nSPS) is 12.7. The number of benzene rings is 4. The van der Waals surface area contributed by atoms with E-state index in [0.29, 0.717) is 23.7 Å². The van der Waals surface area contributed by atoms with E-state index in [1.54, 1.807) is 0 Å². The molecule has 5 radical (unpaired) electrons. The van der Waals surface area contributed by atoms with E-state index in [9.17, 15) is 0 Å². The Balaban J connectivity index is 0.000000281. The molecular weight excluding hydrogens is 686 g/mol. The Kier molecular flexibility index (Phi) is 15.3. The number of anilines is 2. The van der Waals surface area contributed by atoms with Crippen molar-refractivity contribution in [3.8, 4) is 0 Å². The van der Waals surface area contributed by atoms with E-state index in [-0.39, 0.29) is 0 Å². The molecule has 2 nitrogen and oxygen atoms in total. The third-order valence-corrected chi connectivity index (χ3v) is 8.30. The Hall–Kier alpha value is -2.83. The summed E-state index contributed by atoms with van der Waals surface area (Å²) in [5.74, 6) is 4.16. The fourth-order valence-corrected chi connectivity index (χ4v) is 6.01. The predicted octanol–water partition coefficient (Wildman–Crippen LogP) is 12.7. The summed E-state index contributed by atoms with van der Waals surface area (Å²) in [7, 11) is 4.49. The van der Waals surface area contributed by atoms with Crippen LogP contribution in [-0.2, 0) is 18.2 Å². The Bertz CT molecular complexity index is 1360. The minimum absolute atomic E-state index is 0.460. The average Bonchev–Trinajstić information content (AvgIpc) is 3.56. The first kappa shape index (κ1) is 38.6. The second-order valence-corrected chi connectivity index (χ2v) is 13.2. The van der Waals surface area contributed by atoms with Crippen LogP contribution in [0.5, 0.6) is 0 Å². The maximum absolute atomic E-state index is 4.49. The van der Waals surface area contributed by atoms with Gasteiger partial charge in [0, 0.05) is 18.3 Å². The molecule has 47 heavy (non-hydrogen) atoms. The molecule has 5 rings (SSSR count). The van der Waals surface area contributed by atoms with Gasteiger partial charge in [-0.2, -0.15) is 0 Å². The molecule has 0 saturated heterocycles. The summed E-state index contributed by atoms with van der Waals surface area (Å²) in [6, 6.07) is 34.2. The summed E-state index contributed by atoms with van der Waals surface area (Å²) < 4.78 is 0. The van der Waals surface area contributed by atoms with Gasteiger partial charge in [0.15, 0.2) is 0 Å². The van der Waals surface area contributed by atoms with Gasteiger partial charge >= 0.3 is 27.7 Å². The van der Waals surface area contributed by atoms with Gasteiger partial charge in [0.1, 0.15) is 0 Å². The Morgan fingerprint density at radius 3 is 1.09 bits per heavy atom. The zero-order valence-electron chi connectivity index (χ0n) is 29.5. The van der Waals surface area contributed by atoms with E-state index in [1.165, 1.54) is 50.7 Å². The van der Waals surface area contributed by atoms with Crippen LogP contribution in [0.15, 0.2) is 109 Å². The summed E-state index contributed by atoms with van der Waals surface area (Å²) in [6.45, 7) is 27.9. The van der Waals surface area contributed by atoms with E-state index in [2.05, 4.69) is 211 Å². The average molecular weight is 738 g/mol. The van der Waals surface area contributed by atoms with Crippen molar-refractivity contribution in [1.29, 1.82) is 0 Å². The second kappa shape index (κ2) is 18.6. The van der Waals surface area contributed by atoms with Crippen LogP contribution in [0.25, 0.3) is 0 Å². The number of halogens is 1. The van der Waals surface area contributed by atoms with E-state index >= 15 is 0 Å². The molecule has 0 N–H and O–H groups in total. The van der Waals surface area contributed by atoms with Crippen LogP contribution in [0.1, 0.15) is 119 Å². The van der Waals surface area contributed by atoms with Gasteiger partial charge in [0.25, 0.3) is 0 Å². The van der Waals surface area contributed by atoms with Crippen LogP contribution in [0.3, 0.4) is 0 Å². The van der Waals surface area contributed by atoms with Crippen LogP contribution in [0, 0.1) is 25.4 Å². The standard InChI is InChI=1S/C27H36N2.C16H15.ClH.Pd/c1-18(2)22-11-9-12-23(19(3)4)26(22)28-15-16-29(17-28)27-24(20(5)6)13-10-14-25(27)21(7)8;1-13(2)16(14-9-5-3-6-10-14)15-11-7-4-8-12-15;;/h9-16,18-21H,1-8H3;3-12H,1H2,2H3;1H;/q;;;+2/p-1. The van der Waals surface area contributed by atoms with Crippen molar-refractivity contribution in [2.75, 3.05) is 9.80 Å². The fraction of sp³-hybridized carbons (Fsp3) is 0.302. The molecule has 0 atom stereocenters. The van der Waals surface area contributed by atoms with Crippen molar-refractivity contribution in [2.45, 2.75) is 86.0 Å². The van der Waals surface area contributed by atoms with Gasteiger partial charge in [-0.25, -0.2) is 0 Å². The first-order chi connectivity index (χ1) is 22.5. The van der Waals surface area contributed by atoms with Gasteiger partial charge in [-0.1, -0.05) is 159 Å². The third-order valence-electron chi connectivity index (χ3n) is 8.30. The molecule has 0 bridgehead atoms. The van der Waals surface area contributed by atoms with E-state index in [4.69, 9.17) is 0 Å². The minimum atomic E-state index is 0.460. The molecule has 1 aliphatic heterocycles. The maximum atomic E-state index is 4.49. The Morgan fingerprint density at radius 2 is 0.830 bits per heavy atom. The van der Waals surface area contributed by atoms with Crippen LogP contribution in [-0.4, -0.2) is 0 Å². The van der Waals surface area contributed by atoms with E-state index < -0.39 is 0 Å². The Labute approximate surface area is 301 Å². The van der Waals surface area contributed by atoms with Gasteiger partial charge < -0.3 is 9.80 Å². The number of hydrogen-bond acceptors (Lipinski definition) is 2. The molecule has 249 valence electrons. The van der Waals surface area contributed by atoms with Crippen LogP contribution >= 0.6 is 9.53 Å². The monoisotopic (exact) mass is 736 g/mol. The molecule has 0 aliphatic carbocycles. The van der Waals surface area contributed by atoms with Crippen molar-refractivity contribution in [1.82, 2.24) is 0 Å². The molecule has 0 fully saturated rings.